The predicted octanol–water partition coefficient (Wildman–Crippen LogP) is 2.03. The van der Waals surface area contributed by atoms with Gasteiger partial charge in [-0.15, -0.1) is 0 Å². The van der Waals surface area contributed by atoms with E-state index in [1.165, 1.54) is 0 Å². The van der Waals surface area contributed by atoms with Crippen molar-refractivity contribution in [3.63, 3.8) is 0 Å². The maximum atomic E-state index is 4.33. The van der Waals surface area contributed by atoms with Gasteiger partial charge in [0, 0.05) is 12.0 Å². The van der Waals surface area contributed by atoms with E-state index in [0.29, 0.717) is 0 Å². The Labute approximate surface area is 76.8 Å². The number of benzene rings is 1. The highest BCUT2D eigenvalue weighted by Crippen LogP contribution is 2.12. The van der Waals surface area contributed by atoms with Gasteiger partial charge in [0.2, 0.25) is 0 Å². The molecular formula is C10H11N3. The number of rotatable bonds is 2. The number of nitrogens with one attached hydrogen (secondary N) is 1. The van der Waals surface area contributed by atoms with Crippen molar-refractivity contribution in [2.45, 2.75) is 13.3 Å². The van der Waals surface area contributed by atoms with Crippen molar-refractivity contribution in [3.8, 4) is 11.4 Å². The fraction of sp³-hybridized carbons (Fsp3) is 0.200. The van der Waals surface area contributed by atoms with Crippen molar-refractivity contribution in [1.82, 2.24) is 15.2 Å². The Morgan fingerprint density at radius 2 is 2.00 bits per heavy atom. The number of aromatic nitrogens is 3. The molecule has 0 unspecified atom stereocenters. The van der Waals surface area contributed by atoms with Crippen molar-refractivity contribution < 1.29 is 0 Å². The molecule has 0 aliphatic heterocycles. The van der Waals surface area contributed by atoms with Crippen molar-refractivity contribution in [2.75, 3.05) is 0 Å². The summed E-state index contributed by atoms with van der Waals surface area (Å²) in [5, 5.41) is 7.01. The molecule has 66 valence electrons. The van der Waals surface area contributed by atoms with Gasteiger partial charge < -0.3 is 0 Å². The molecule has 0 saturated carbocycles. The predicted molar refractivity (Wildman–Crippen MR) is 51.2 cm³/mol. The summed E-state index contributed by atoms with van der Waals surface area (Å²) < 4.78 is 0. The van der Waals surface area contributed by atoms with Crippen LogP contribution in [0.15, 0.2) is 30.3 Å². The molecule has 0 radical (unpaired) electrons. The van der Waals surface area contributed by atoms with Gasteiger partial charge in [0.15, 0.2) is 5.82 Å². The van der Waals surface area contributed by atoms with Crippen LogP contribution in [0.5, 0.6) is 0 Å². The standard InChI is InChI=1S/C10H11N3/c1-2-9-11-10(13-12-9)8-6-4-3-5-7-8/h3-7H,2H2,1H3,(H,11,12,13). The molecule has 13 heavy (non-hydrogen) atoms. The molecular weight excluding hydrogens is 162 g/mol. The molecule has 1 aromatic carbocycles. The zero-order valence-corrected chi connectivity index (χ0v) is 7.49. The Kier molecular flexibility index (Phi) is 2.08. The highest BCUT2D eigenvalue weighted by Gasteiger charge is 2.02. The van der Waals surface area contributed by atoms with Gasteiger partial charge in [-0.25, -0.2) is 4.98 Å². The molecule has 1 heterocycles. The average molecular weight is 173 g/mol. The van der Waals surface area contributed by atoms with Crippen molar-refractivity contribution in [2.24, 2.45) is 0 Å². The summed E-state index contributed by atoms with van der Waals surface area (Å²) in [6.07, 6.45) is 0.889. The van der Waals surface area contributed by atoms with E-state index in [1.54, 1.807) is 0 Å². The van der Waals surface area contributed by atoms with E-state index in [2.05, 4.69) is 22.1 Å². The second-order valence-corrected chi connectivity index (χ2v) is 2.83. The summed E-state index contributed by atoms with van der Waals surface area (Å²) in [6.45, 7) is 2.05. The first-order valence-corrected chi connectivity index (χ1v) is 4.37. The molecule has 2 aromatic rings. The third-order valence-electron chi connectivity index (χ3n) is 1.90. The Balaban J connectivity index is 2.36. The summed E-state index contributed by atoms with van der Waals surface area (Å²) in [5.41, 5.74) is 1.05. The topological polar surface area (TPSA) is 41.6 Å². The van der Waals surface area contributed by atoms with E-state index in [1.807, 2.05) is 30.3 Å². The molecule has 2 rings (SSSR count). The van der Waals surface area contributed by atoms with E-state index in [0.717, 1.165) is 23.6 Å². The fourth-order valence-corrected chi connectivity index (χ4v) is 1.17. The van der Waals surface area contributed by atoms with Gasteiger partial charge in [-0.3, -0.25) is 5.10 Å². The zero-order chi connectivity index (χ0) is 9.10. The van der Waals surface area contributed by atoms with E-state index >= 15 is 0 Å². The van der Waals surface area contributed by atoms with E-state index < -0.39 is 0 Å². The van der Waals surface area contributed by atoms with Crippen molar-refractivity contribution >= 4 is 0 Å². The number of aromatic amines is 1. The van der Waals surface area contributed by atoms with Gasteiger partial charge in [0.1, 0.15) is 5.82 Å². The third-order valence-corrected chi connectivity index (χ3v) is 1.90. The lowest BCUT2D eigenvalue weighted by atomic mass is 10.2. The Bertz CT molecular complexity index is 378. The van der Waals surface area contributed by atoms with E-state index in [4.69, 9.17) is 0 Å². The highest BCUT2D eigenvalue weighted by atomic mass is 15.2. The summed E-state index contributed by atoms with van der Waals surface area (Å²) in [7, 11) is 0. The van der Waals surface area contributed by atoms with Crippen LogP contribution in [-0.2, 0) is 6.42 Å². The van der Waals surface area contributed by atoms with Gasteiger partial charge in [-0.2, -0.15) is 5.10 Å². The van der Waals surface area contributed by atoms with E-state index in [9.17, 15) is 0 Å². The molecule has 0 aliphatic rings. The molecule has 0 saturated heterocycles. The van der Waals surface area contributed by atoms with Crippen LogP contribution >= 0.6 is 0 Å². The smallest absolute Gasteiger partial charge is 0.181 e. The first kappa shape index (κ1) is 7.98. The minimum Gasteiger partial charge on any atom is -0.263 e. The fourth-order valence-electron chi connectivity index (χ4n) is 1.17. The first-order valence-electron chi connectivity index (χ1n) is 4.37. The second kappa shape index (κ2) is 3.39. The van der Waals surface area contributed by atoms with Crippen LogP contribution in [0, 0.1) is 0 Å². The van der Waals surface area contributed by atoms with Crippen LogP contribution in [0.4, 0.5) is 0 Å². The van der Waals surface area contributed by atoms with Gasteiger partial charge in [0.05, 0.1) is 0 Å². The second-order valence-electron chi connectivity index (χ2n) is 2.83. The largest absolute Gasteiger partial charge is 0.263 e. The van der Waals surface area contributed by atoms with Crippen LogP contribution in [0.3, 0.4) is 0 Å². The Morgan fingerprint density at radius 3 is 2.62 bits per heavy atom. The molecule has 0 aliphatic carbocycles. The van der Waals surface area contributed by atoms with Crippen LogP contribution in [0.2, 0.25) is 0 Å². The van der Waals surface area contributed by atoms with Gasteiger partial charge >= 0.3 is 0 Å². The summed E-state index contributed by atoms with van der Waals surface area (Å²) in [5.74, 6) is 1.70. The quantitative estimate of drug-likeness (QED) is 0.755. The molecule has 0 fully saturated rings. The third kappa shape index (κ3) is 1.59. The van der Waals surface area contributed by atoms with Crippen molar-refractivity contribution in [1.29, 1.82) is 0 Å². The van der Waals surface area contributed by atoms with Gasteiger partial charge in [0.25, 0.3) is 0 Å². The zero-order valence-electron chi connectivity index (χ0n) is 7.49. The maximum Gasteiger partial charge on any atom is 0.181 e. The highest BCUT2D eigenvalue weighted by molar-refractivity contribution is 5.53. The Morgan fingerprint density at radius 1 is 1.23 bits per heavy atom. The molecule has 1 N–H and O–H groups in total. The van der Waals surface area contributed by atoms with Gasteiger partial charge in [-0.05, 0) is 0 Å². The lowest BCUT2D eigenvalue weighted by Crippen LogP contribution is -1.81. The lowest BCUT2D eigenvalue weighted by Gasteiger charge is -1.91. The molecule has 1 aromatic heterocycles. The number of nitrogens with zero attached hydrogens (tertiary/aromatic N) is 2. The summed E-state index contributed by atoms with van der Waals surface area (Å²) in [4.78, 5) is 4.33. The molecule has 0 atom stereocenters. The first-order chi connectivity index (χ1) is 6.40. The average Bonchev–Trinajstić information content (AvgIpc) is 2.67. The van der Waals surface area contributed by atoms with E-state index in [-0.39, 0.29) is 0 Å². The maximum absolute atomic E-state index is 4.33. The molecule has 3 heteroatoms. The SMILES string of the molecule is CCc1nc(-c2ccccc2)n[nH]1. The molecule has 0 amide bonds. The Hall–Kier alpha value is -1.64. The number of aryl methyl sites for hydroxylation is 1. The van der Waals surface area contributed by atoms with Crippen LogP contribution in [0.25, 0.3) is 11.4 Å². The minimum atomic E-state index is 0.775. The number of hydrogen-bond acceptors (Lipinski definition) is 2. The van der Waals surface area contributed by atoms with Crippen LogP contribution in [0.1, 0.15) is 12.7 Å². The molecule has 0 bridgehead atoms. The normalized spacial score (nSPS) is 10.2. The number of H-pyrrole nitrogens is 1. The molecule has 0 spiro atoms. The van der Waals surface area contributed by atoms with Crippen LogP contribution in [-0.4, -0.2) is 15.2 Å². The van der Waals surface area contributed by atoms with Crippen LogP contribution < -0.4 is 0 Å². The summed E-state index contributed by atoms with van der Waals surface area (Å²) in [6, 6.07) is 9.96. The van der Waals surface area contributed by atoms with Crippen molar-refractivity contribution in [3.05, 3.63) is 36.2 Å². The molecule has 3 nitrogen and oxygen atoms in total. The minimum absolute atomic E-state index is 0.775. The van der Waals surface area contributed by atoms with Gasteiger partial charge in [-0.1, -0.05) is 37.3 Å². The summed E-state index contributed by atoms with van der Waals surface area (Å²) >= 11 is 0. The number of hydrogen-bond donors (Lipinski definition) is 1. The monoisotopic (exact) mass is 173 g/mol. The lowest BCUT2D eigenvalue weighted by molar-refractivity contribution is 0.946.